The van der Waals surface area contributed by atoms with E-state index < -0.39 is 0 Å². The van der Waals surface area contributed by atoms with Gasteiger partial charge >= 0.3 is 0 Å². The minimum atomic E-state index is 0.115. The summed E-state index contributed by atoms with van der Waals surface area (Å²) in [5.41, 5.74) is 4.73. The van der Waals surface area contributed by atoms with Crippen molar-refractivity contribution in [3.63, 3.8) is 0 Å². The van der Waals surface area contributed by atoms with Crippen LogP contribution in [0.4, 0.5) is 22.7 Å². The number of benzene rings is 4. The van der Waals surface area contributed by atoms with Crippen molar-refractivity contribution in [3.8, 4) is 0 Å². The van der Waals surface area contributed by atoms with Gasteiger partial charge in [0.15, 0.2) is 0 Å². The SMILES string of the molecule is CCC(N(c1ccccc1)c1ccccc1)N(c1ccccc1)c1ccccc1. The van der Waals surface area contributed by atoms with Crippen LogP contribution in [0.5, 0.6) is 0 Å². The summed E-state index contributed by atoms with van der Waals surface area (Å²) in [6.07, 6.45) is 1.07. The topological polar surface area (TPSA) is 6.48 Å². The maximum absolute atomic E-state index is 2.43. The lowest BCUT2D eigenvalue weighted by Crippen LogP contribution is -2.44. The first-order chi connectivity index (χ1) is 14.4. The zero-order valence-electron chi connectivity index (χ0n) is 16.7. The number of hydrogen-bond donors (Lipinski definition) is 0. The fraction of sp³-hybridized carbons (Fsp3) is 0.111. The van der Waals surface area contributed by atoms with Crippen molar-refractivity contribution in [1.29, 1.82) is 0 Å². The molecule has 0 saturated carbocycles. The molecule has 0 aliphatic rings. The Bertz CT molecular complexity index is 824. The molecule has 0 fully saturated rings. The van der Waals surface area contributed by atoms with E-state index in [1.807, 2.05) is 0 Å². The molecular formula is C27H26N2. The monoisotopic (exact) mass is 378 g/mol. The van der Waals surface area contributed by atoms with Gasteiger partial charge in [-0.2, -0.15) is 0 Å². The van der Waals surface area contributed by atoms with Crippen molar-refractivity contribution in [2.45, 2.75) is 19.5 Å². The summed E-state index contributed by atoms with van der Waals surface area (Å²) in [5.74, 6) is 0. The molecule has 0 radical (unpaired) electrons. The quantitative estimate of drug-likeness (QED) is 0.309. The standard InChI is InChI=1S/C27H26N2/c1-2-27(28(23-15-7-3-8-16-23)24-17-9-4-10-18-24)29(25-19-11-5-12-20-25)26-21-13-6-14-22-26/h3-22,27H,2H2,1H3. The van der Waals surface area contributed by atoms with Gasteiger partial charge in [-0.1, -0.05) is 79.7 Å². The van der Waals surface area contributed by atoms with Crippen molar-refractivity contribution >= 4 is 22.7 Å². The van der Waals surface area contributed by atoms with Gasteiger partial charge in [0.25, 0.3) is 0 Å². The summed E-state index contributed by atoms with van der Waals surface area (Å²) < 4.78 is 0. The molecule has 144 valence electrons. The highest BCUT2D eigenvalue weighted by molar-refractivity contribution is 5.71. The molecule has 0 amide bonds. The van der Waals surface area contributed by atoms with E-state index in [2.05, 4.69) is 138 Å². The normalized spacial score (nSPS) is 10.7. The summed E-state index contributed by atoms with van der Waals surface area (Å²) in [6, 6.07) is 42.6. The fourth-order valence-electron chi connectivity index (χ4n) is 3.82. The molecule has 2 nitrogen and oxygen atoms in total. The number of anilines is 4. The van der Waals surface area contributed by atoms with Crippen LogP contribution in [0.15, 0.2) is 121 Å². The minimum Gasteiger partial charge on any atom is -0.320 e. The molecule has 0 aromatic heterocycles. The Labute approximate surface area is 173 Å². The van der Waals surface area contributed by atoms with Crippen LogP contribution in [0.2, 0.25) is 0 Å². The van der Waals surface area contributed by atoms with Crippen LogP contribution in [0.3, 0.4) is 0 Å². The zero-order chi connectivity index (χ0) is 19.9. The van der Waals surface area contributed by atoms with E-state index in [0.29, 0.717) is 0 Å². The van der Waals surface area contributed by atoms with Crippen LogP contribution >= 0.6 is 0 Å². The maximum Gasteiger partial charge on any atom is 0.111 e. The Balaban J connectivity index is 1.88. The molecule has 0 unspecified atom stereocenters. The Hall–Kier alpha value is -3.52. The van der Waals surface area contributed by atoms with Crippen molar-refractivity contribution < 1.29 is 0 Å². The fourth-order valence-corrected chi connectivity index (χ4v) is 3.82. The van der Waals surface area contributed by atoms with Gasteiger partial charge < -0.3 is 9.80 Å². The van der Waals surface area contributed by atoms with Crippen molar-refractivity contribution in [2.75, 3.05) is 9.80 Å². The Morgan fingerprint density at radius 3 is 0.897 bits per heavy atom. The highest BCUT2D eigenvalue weighted by atomic mass is 15.4. The predicted octanol–water partition coefficient (Wildman–Crippen LogP) is 7.40. The molecule has 4 aromatic carbocycles. The van der Waals surface area contributed by atoms with E-state index in [4.69, 9.17) is 0 Å². The van der Waals surface area contributed by atoms with Crippen molar-refractivity contribution in [1.82, 2.24) is 0 Å². The third kappa shape index (κ3) is 4.17. The summed E-state index contributed by atoms with van der Waals surface area (Å²) in [6.45, 7) is 2.25. The van der Waals surface area contributed by atoms with Gasteiger partial charge in [0.05, 0.1) is 0 Å². The van der Waals surface area contributed by atoms with Gasteiger partial charge in [-0.05, 0) is 55.0 Å². The number of para-hydroxylation sites is 4. The first-order valence-corrected chi connectivity index (χ1v) is 10.2. The summed E-state index contributed by atoms with van der Waals surface area (Å²) >= 11 is 0. The van der Waals surface area contributed by atoms with Gasteiger partial charge in [-0.25, -0.2) is 0 Å². The van der Waals surface area contributed by atoms with E-state index in [1.54, 1.807) is 0 Å². The van der Waals surface area contributed by atoms with Gasteiger partial charge in [-0.15, -0.1) is 0 Å². The molecule has 0 atom stereocenters. The number of rotatable bonds is 7. The molecule has 0 heterocycles. The van der Waals surface area contributed by atoms with Crippen LogP contribution in [0, 0.1) is 0 Å². The van der Waals surface area contributed by atoms with E-state index in [-0.39, 0.29) is 6.17 Å². The second kappa shape index (κ2) is 9.11. The van der Waals surface area contributed by atoms with Crippen LogP contribution < -0.4 is 9.80 Å². The summed E-state index contributed by atoms with van der Waals surface area (Å²) in [4.78, 5) is 4.86. The highest BCUT2D eigenvalue weighted by Gasteiger charge is 2.27. The van der Waals surface area contributed by atoms with E-state index in [1.165, 1.54) is 22.7 Å². The highest BCUT2D eigenvalue weighted by Crippen LogP contribution is 2.36. The van der Waals surface area contributed by atoms with Gasteiger partial charge in [0.1, 0.15) is 6.17 Å². The summed E-state index contributed by atoms with van der Waals surface area (Å²) in [7, 11) is 0. The predicted molar refractivity (Wildman–Crippen MR) is 124 cm³/mol. The summed E-state index contributed by atoms with van der Waals surface area (Å²) in [5, 5.41) is 0. The average molecular weight is 379 g/mol. The van der Waals surface area contributed by atoms with E-state index in [0.717, 1.165) is 6.42 Å². The molecule has 29 heavy (non-hydrogen) atoms. The molecule has 0 N–H and O–H groups in total. The van der Waals surface area contributed by atoms with Crippen LogP contribution in [-0.2, 0) is 0 Å². The first kappa shape index (κ1) is 18.8. The van der Waals surface area contributed by atoms with E-state index in [9.17, 15) is 0 Å². The van der Waals surface area contributed by atoms with Crippen LogP contribution in [0.1, 0.15) is 13.3 Å². The van der Waals surface area contributed by atoms with Gasteiger partial charge in [0, 0.05) is 22.7 Å². The molecule has 4 rings (SSSR count). The number of hydrogen-bond acceptors (Lipinski definition) is 2. The first-order valence-electron chi connectivity index (χ1n) is 10.2. The largest absolute Gasteiger partial charge is 0.320 e. The Morgan fingerprint density at radius 2 is 0.690 bits per heavy atom. The lowest BCUT2D eigenvalue weighted by atomic mass is 10.1. The molecule has 4 aromatic rings. The number of nitrogens with zero attached hydrogens (tertiary/aromatic N) is 2. The molecule has 0 saturated heterocycles. The minimum absolute atomic E-state index is 0.115. The smallest absolute Gasteiger partial charge is 0.111 e. The Morgan fingerprint density at radius 1 is 0.448 bits per heavy atom. The average Bonchev–Trinajstić information content (AvgIpc) is 2.81. The third-order valence-corrected chi connectivity index (χ3v) is 5.10. The molecule has 0 aliphatic carbocycles. The second-order valence-electron chi connectivity index (χ2n) is 6.97. The third-order valence-electron chi connectivity index (χ3n) is 5.10. The second-order valence-corrected chi connectivity index (χ2v) is 6.97. The van der Waals surface area contributed by atoms with Crippen LogP contribution in [0.25, 0.3) is 0 Å². The lowest BCUT2D eigenvalue weighted by molar-refractivity contribution is 0.637. The van der Waals surface area contributed by atoms with Crippen molar-refractivity contribution in [3.05, 3.63) is 121 Å². The van der Waals surface area contributed by atoms with Gasteiger partial charge in [0.2, 0.25) is 0 Å². The molecule has 0 spiro atoms. The maximum atomic E-state index is 2.43. The van der Waals surface area contributed by atoms with E-state index >= 15 is 0 Å². The van der Waals surface area contributed by atoms with Crippen LogP contribution in [-0.4, -0.2) is 6.17 Å². The van der Waals surface area contributed by atoms with Gasteiger partial charge in [-0.3, -0.25) is 0 Å². The molecule has 2 heteroatoms. The molecule has 0 aliphatic heterocycles. The zero-order valence-corrected chi connectivity index (χ0v) is 16.7. The molecular weight excluding hydrogens is 352 g/mol. The Kier molecular flexibility index (Phi) is 5.92. The lowest BCUT2D eigenvalue weighted by Gasteiger charge is -2.42. The van der Waals surface area contributed by atoms with Crippen molar-refractivity contribution in [2.24, 2.45) is 0 Å². The molecule has 0 bridgehead atoms.